The fraction of sp³-hybridized carbons (Fsp3) is 0.280. The van der Waals surface area contributed by atoms with Gasteiger partial charge >= 0.3 is 0 Å². The van der Waals surface area contributed by atoms with Gasteiger partial charge in [-0.1, -0.05) is 90.5 Å². The summed E-state index contributed by atoms with van der Waals surface area (Å²) in [6.45, 7) is 2.94. The average Bonchev–Trinajstić information content (AvgIpc) is 2.77. The summed E-state index contributed by atoms with van der Waals surface area (Å²) >= 11 is 6.43. The van der Waals surface area contributed by atoms with Crippen LogP contribution in [0.3, 0.4) is 0 Å². The number of morpholine rings is 1. The molecule has 1 aliphatic heterocycles. The second kappa shape index (κ2) is 9.10. The molecule has 0 saturated carbocycles. The predicted molar refractivity (Wildman–Crippen MR) is 117 cm³/mol. The number of hydrogen-bond donors (Lipinski definition) is 1. The molecular weight excluding hydrogens is 382 g/mol. The van der Waals surface area contributed by atoms with Crippen LogP contribution in [0, 0.1) is 0 Å². The molecule has 150 valence electrons. The summed E-state index contributed by atoms with van der Waals surface area (Å²) in [5.41, 5.74) is 1.88. The quantitative estimate of drug-likeness (QED) is 0.644. The lowest BCUT2D eigenvalue weighted by Crippen LogP contribution is -2.53. The van der Waals surface area contributed by atoms with Gasteiger partial charge in [0.25, 0.3) is 0 Å². The molecule has 0 bridgehead atoms. The van der Waals surface area contributed by atoms with Crippen LogP contribution in [0.25, 0.3) is 0 Å². The Morgan fingerprint density at radius 3 is 2.31 bits per heavy atom. The van der Waals surface area contributed by atoms with Crippen molar-refractivity contribution in [3.05, 3.63) is 107 Å². The highest BCUT2D eigenvalue weighted by atomic mass is 35.5. The molecular formula is C25H26ClNO2. The van der Waals surface area contributed by atoms with Crippen LogP contribution in [0.4, 0.5) is 0 Å². The number of halogens is 1. The Kier molecular flexibility index (Phi) is 6.31. The summed E-state index contributed by atoms with van der Waals surface area (Å²) in [6.07, 6.45) is 0.0548. The maximum absolute atomic E-state index is 12.0. The van der Waals surface area contributed by atoms with Gasteiger partial charge in [-0.15, -0.1) is 0 Å². The zero-order valence-electron chi connectivity index (χ0n) is 16.4. The lowest BCUT2D eigenvalue weighted by Gasteiger charge is -2.42. The fourth-order valence-corrected chi connectivity index (χ4v) is 4.24. The number of rotatable bonds is 6. The van der Waals surface area contributed by atoms with E-state index in [9.17, 15) is 5.11 Å². The summed E-state index contributed by atoms with van der Waals surface area (Å²) < 4.78 is 6.14. The number of aliphatic hydroxyl groups is 1. The smallest absolute Gasteiger partial charge is 0.121 e. The summed E-state index contributed by atoms with van der Waals surface area (Å²) in [5.74, 6) is 0. The molecule has 1 heterocycles. The van der Waals surface area contributed by atoms with Crippen LogP contribution in [0.2, 0.25) is 5.02 Å². The SMILES string of the molecule is O[C@](Cc1ccccc1Cl)(c1ccccc1)[C@@H]1CN(Cc2ccccc2)CCO1. The summed E-state index contributed by atoms with van der Waals surface area (Å²) in [6, 6.07) is 27.9. The monoisotopic (exact) mass is 407 g/mol. The first-order valence-electron chi connectivity index (χ1n) is 10.0. The summed E-state index contributed by atoms with van der Waals surface area (Å²) in [5, 5.41) is 12.6. The van der Waals surface area contributed by atoms with E-state index in [-0.39, 0.29) is 6.10 Å². The third-order valence-corrected chi connectivity index (χ3v) is 5.99. The Balaban J connectivity index is 1.61. The van der Waals surface area contributed by atoms with Gasteiger partial charge in [-0.25, -0.2) is 0 Å². The maximum Gasteiger partial charge on any atom is 0.121 e. The lowest BCUT2D eigenvalue weighted by molar-refractivity contribution is -0.149. The molecule has 3 aromatic carbocycles. The van der Waals surface area contributed by atoms with Gasteiger partial charge in [-0.3, -0.25) is 4.90 Å². The molecule has 0 aliphatic carbocycles. The Labute approximate surface area is 177 Å². The molecule has 1 saturated heterocycles. The van der Waals surface area contributed by atoms with E-state index in [0.717, 1.165) is 24.2 Å². The second-order valence-electron chi connectivity index (χ2n) is 7.64. The van der Waals surface area contributed by atoms with Crippen LogP contribution in [0.15, 0.2) is 84.9 Å². The first-order chi connectivity index (χ1) is 14.1. The molecule has 0 radical (unpaired) electrons. The first kappa shape index (κ1) is 20.1. The highest BCUT2D eigenvalue weighted by molar-refractivity contribution is 6.31. The molecule has 4 heteroatoms. The summed E-state index contributed by atoms with van der Waals surface area (Å²) in [7, 11) is 0. The first-order valence-corrected chi connectivity index (χ1v) is 10.4. The zero-order valence-corrected chi connectivity index (χ0v) is 17.1. The number of ether oxygens (including phenoxy) is 1. The minimum absolute atomic E-state index is 0.348. The van der Waals surface area contributed by atoms with Crippen LogP contribution in [0.1, 0.15) is 16.7 Å². The maximum atomic E-state index is 12.0. The largest absolute Gasteiger partial charge is 0.382 e. The Morgan fingerprint density at radius 2 is 1.59 bits per heavy atom. The van der Waals surface area contributed by atoms with E-state index < -0.39 is 5.60 Å². The Hall–Kier alpha value is -2.17. The normalized spacial score (nSPS) is 19.6. The fourth-order valence-electron chi connectivity index (χ4n) is 4.04. The molecule has 0 spiro atoms. The number of nitrogens with zero attached hydrogens (tertiary/aromatic N) is 1. The van der Waals surface area contributed by atoms with E-state index in [4.69, 9.17) is 16.3 Å². The Morgan fingerprint density at radius 1 is 0.931 bits per heavy atom. The van der Waals surface area contributed by atoms with Gasteiger partial charge in [0.2, 0.25) is 0 Å². The standard InChI is InChI=1S/C25H26ClNO2/c26-23-14-8-7-11-21(23)17-25(28,22-12-5-2-6-13-22)24-19-27(15-16-29-24)18-20-9-3-1-4-10-20/h1-14,24,28H,15-19H2/t24-,25+/m0/s1. The summed E-state index contributed by atoms with van der Waals surface area (Å²) in [4.78, 5) is 2.35. The van der Waals surface area contributed by atoms with Gasteiger partial charge in [0.1, 0.15) is 11.7 Å². The van der Waals surface area contributed by atoms with Crippen molar-refractivity contribution in [3.8, 4) is 0 Å². The van der Waals surface area contributed by atoms with E-state index in [1.807, 2.05) is 60.7 Å². The van der Waals surface area contributed by atoms with Crippen LogP contribution >= 0.6 is 11.6 Å². The molecule has 3 aromatic rings. The number of hydrogen-bond acceptors (Lipinski definition) is 3. The van der Waals surface area contributed by atoms with Crippen molar-refractivity contribution in [1.29, 1.82) is 0 Å². The van der Waals surface area contributed by atoms with E-state index in [1.165, 1.54) is 5.56 Å². The molecule has 1 fully saturated rings. The molecule has 3 nitrogen and oxygen atoms in total. The van der Waals surface area contributed by atoms with Crippen molar-refractivity contribution in [1.82, 2.24) is 4.90 Å². The highest BCUT2D eigenvalue weighted by Crippen LogP contribution is 2.35. The van der Waals surface area contributed by atoms with Gasteiger partial charge in [0.05, 0.1) is 6.61 Å². The molecule has 1 N–H and O–H groups in total. The van der Waals surface area contributed by atoms with E-state index in [1.54, 1.807) is 0 Å². The number of benzene rings is 3. The highest BCUT2D eigenvalue weighted by Gasteiger charge is 2.42. The lowest BCUT2D eigenvalue weighted by atomic mass is 9.81. The zero-order chi connectivity index (χ0) is 20.1. The molecule has 0 unspecified atom stereocenters. The van der Waals surface area contributed by atoms with E-state index in [0.29, 0.717) is 24.6 Å². The second-order valence-corrected chi connectivity index (χ2v) is 8.05. The average molecular weight is 408 g/mol. The van der Waals surface area contributed by atoms with Crippen molar-refractivity contribution in [3.63, 3.8) is 0 Å². The van der Waals surface area contributed by atoms with Crippen LogP contribution in [0.5, 0.6) is 0 Å². The Bertz CT molecular complexity index is 918. The predicted octanol–water partition coefficient (Wildman–Crippen LogP) is 4.67. The molecule has 29 heavy (non-hydrogen) atoms. The molecule has 4 rings (SSSR count). The van der Waals surface area contributed by atoms with Crippen LogP contribution in [-0.2, 0) is 23.3 Å². The minimum atomic E-state index is -1.17. The van der Waals surface area contributed by atoms with Gasteiger partial charge < -0.3 is 9.84 Å². The van der Waals surface area contributed by atoms with Crippen molar-refractivity contribution < 1.29 is 9.84 Å². The van der Waals surface area contributed by atoms with E-state index in [2.05, 4.69) is 29.2 Å². The molecule has 0 amide bonds. The van der Waals surface area contributed by atoms with Gasteiger partial charge in [-0.2, -0.15) is 0 Å². The van der Waals surface area contributed by atoms with Crippen molar-refractivity contribution in [2.75, 3.05) is 19.7 Å². The van der Waals surface area contributed by atoms with Crippen molar-refractivity contribution >= 4 is 11.6 Å². The topological polar surface area (TPSA) is 32.7 Å². The van der Waals surface area contributed by atoms with Crippen molar-refractivity contribution in [2.24, 2.45) is 0 Å². The third-order valence-electron chi connectivity index (χ3n) is 5.62. The van der Waals surface area contributed by atoms with E-state index >= 15 is 0 Å². The van der Waals surface area contributed by atoms with Crippen molar-refractivity contribution in [2.45, 2.75) is 24.7 Å². The molecule has 2 atom stereocenters. The molecule has 1 aliphatic rings. The van der Waals surface area contributed by atoms with Crippen LogP contribution < -0.4 is 0 Å². The molecule has 0 aromatic heterocycles. The van der Waals surface area contributed by atoms with Crippen LogP contribution in [-0.4, -0.2) is 35.8 Å². The van der Waals surface area contributed by atoms with Gasteiger partial charge in [0.15, 0.2) is 0 Å². The third kappa shape index (κ3) is 4.71. The minimum Gasteiger partial charge on any atom is -0.382 e. The van der Waals surface area contributed by atoms with Gasteiger partial charge in [0, 0.05) is 31.1 Å². The van der Waals surface area contributed by atoms with Gasteiger partial charge in [-0.05, 0) is 22.8 Å².